The van der Waals surface area contributed by atoms with E-state index in [0.29, 0.717) is 43.5 Å². The van der Waals surface area contributed by atoms with Gasteiger partial charge in [0, 0.05) is 0 Å². The van der Waals surface area contributed by atoms with Gasteiger partial charge >= 0.3 is 5.97 Å². The van der Waals surface area contributed by atoms with Crippen molar-refractivity contribution < 1.29 is 18.3 Å². The van der Waals surface area contributed by atoms with Gasteiger partial charge < -0.3 is 10.1 Å². The molecule has 0 saturated heterocycles. The second kappa shape index (κ2) is 8.08. The topological polar surface area (TPSA) is 99.2 Å². The predicted octanol–water partition coefficient (Wildman–Crippen LogP) is 4.66. The standard InChI is InChI=1S/C23H19F2N7O2S/c1-11-16-21-29-19(30-31(21)10-26-22(16)35-17(11)23(33)34-2)13-9-27-32-15(18(24)25)8-14(28-20(13)32)12-6-4-3-5-7-12/h3-7,9-10,14-15,18,28H,8H2,1-2H3/t14-,15-/m0/s1. The van der Waals surface area contributed by atoms with Crippen molar-refractivity contribution in [1.29, 1.82) is 0 Å². The molecule has 0 unspecified atom stereocenters. The van der Waals surface area contributed by atoms with E-state index in [0.717, 1.165) is 5.56 Å². The molecule has 1 aromatic carbocycles. The summed E-state index contributed by atoms with van der Waals surface area (Å²) in [5.41, 5.74) is 2.63. The lowest BCUT2D eigenvalue weighted by Gasteiger charge is -2.32. The summed E-state index contributed by atoms with van der Waals surface area (Å²) in [7, 11) is 1.33. The number of halogens is 2. The molecule has 0 radical (unpaired) electrons. The largest absolute Gasteiger partial charge is 0.465 e. The van der Waals surface area contributed by atoms with E-state index in [1.165, 1.54) is 40.2 Å². The summed E-state index contributed by atoms with van der Waals surface area (Å²) in [5.74, 6) is 0.316. The third kappa shape index (κ3) is 3.35. The molecule has 12 heteroatoms. The van der Waals surface area contributed by atoms with Crippen molar-refractivity contribution >= 4 is 39.0 Å². The number of aryl methyl sites for hydroxylation is 1. The average Bonchev–Trinajstić information content (AvgIpc) is 3.57. The summed E-state index contributed by atoms with van der Waals surface area (Å²) in [6.07, 6.45) is 0.634. The molecule has 2 atom stereocenters. The minimum atomic E-state index is -2.59. The number of fused-ring (bicyclic) bond motifs is 4. The number of rotatable bonds is 4. The summed E-state index contributed by atoms with van der Waals surface area (Å²) < 4.78 is 35.8. The van der Waals surface area contributed by atoms with E-state index >= 15 is 0 Å². The van der Waals surface area contributed by atoms with Crippen LogP contribution in [0.15, 0.2) is 42.9 Å². The number of esters is 1. The minimum Gasteiger partial charge on any atom is -0.465 e. The van der Waals surface area contributed by atoms with Crippen LogP contribution in [0.4, 0.5) is 14.6 Å². The van der Waals surface area contributed by atoms with E-state index in [1.54, 1.807) is 0 Å². The number of hydrogen-bond acceptors (Lipinski definition) is 8. The van der Waals surface area contributed by atoms with Crippen molar-refractivity contribution in [3.63, 3.8) is 0 Å². The molecule has 1 aliphatic heterocycles. The fraction of sp³-hybridized carbons (Fsp3) is 0.261. The van der Waals surface area contributed by atoms with Gasteiger partial charge in [0.05, 0.1) is 30.3 Å². The molecule has 0 fully saturated rings. The zero-order valence-corrected chi connectivity index (χ0v) is 19.5. The van der Waals surface area contributed by atoms with Crippen LogP contribution in [-0.2, 0) is 4.74 Å². The molecular weight excluding hydrogens is 476 g/mol. The van der Waals surface area contributed by atoms with Crippen LogP contribution in [0.2, 0.25) is 0 Å². The monoisotopic (exact) mass is 495 g/mol. The fourth-order valence-corrected chi connectivity index (χ4v) is 5.60. The average molecular weight is 496 g/mol. The maximum absolute atomic E-state index is 14.0. The van der Waals surface area contributed by atoms with Gasteiger partial charge in [-0.25, -0.2) is 32.7 Å². The van der Waals surface area contributed by atoms with E-state index in [-0.39, 0.29) is 12.5 Å². The first kappa shape index (κ1) is 21.6. The Morgan fingerprint density at radius 3 is 2.83 bits per heavy atom. The Bertz CT molecular complexity index is 1580. The van der Waals surface area contributed by atoms with Crippen LogP contribution in [0, 0.1) is 6.92 Å². The molecule has 0 bridgehead atoms. The first-order valence-corrected chi connectivity index (χ1v) is 11.7. The van der Waals surface area contributed by atoms with Gasteiger partial charge in [0.1, 0.15) is 27.9 Å². The predicted molar refractivity (Wildman–Crippen MR) is 126 cm³/mol. The van der Waals surface area contributed by atoms with Crippen LogP contribution < -0.4 is 5.32 Å². The number of carbonyl (C=O) groups is 1. The molecule has 6 rings (SSSR count). The minimum absolute atomic E-state index is 0.198. The van der Waals surface area contributed by atoms with Crippen molar-refractivity contribution in [2.45, 2.75) is 31.9 Å². The molecule has 0 spiro atoms. The molecule has 5 heterocycles. The SMILES string of the molecule is COC(=O)c1sc2ncn3nc(-c4cnn5c4N[C@H](c4ccccc4)C[C@H]5C(F)F)nc3c2c1C. The summed E-state index contributed by atoms with van der Waals surface area (Å²) in [6.45, 7) is 1.81. The van der Waals surface area contributed by atoms with Gasteiger partial charge in [0.2, 0.25) is 0 Å². The van der Waals surface area contributed by atoms with Crippen LogP contribution in [0.3, 0.4) is 0 Å². The van der Waals surface area contributed by atoms with Crippen molar-refractivity contribution in [1.82, 2.24) is 29.4 Å². The lowest BCUT2D eigenvalue weighted by Crippen LogP contribution is -2.31. The second-order valence-corrected chi connectivity index (χ2v) is 9.27. The highest BCUT2D eigenvalue weighted by molar-refractivity contribution is 7.20. The molecule has 0 amide bonds. The van der Waals surface area contributed by atoms with Gasteiger partial charge in [0.15, 0.2) is 11.5 Å². The van der Waals surface area contributed by atoms with E-state index in [2.05, 4.69) is 20.5 Å². The van der Waals surface area contributed by atoms with Crippen molar-refractivity contribution in [2.24, 2.45) is 0 Å². The normalized spacial score (nSPS) is 17.6. The first-order chi connectivity index (χ1) is 17.0. The zero-order valence-electron chi connectivity index (χ0n) is 18.6. The summed E-state index contributed by atoms with van der Waals surface area (Å²) >= 11 is 1.22. The highest BCUT2D eigenvalue weighted by Gasteiger charge is 2.36. The number of nitrogens with one attached hydrogen (secondary N) is 1. The van der Waals surface area contributed by atoms with Crippen LogP contribution >= 0.6 is 11.3 Å². The number of methoxy groups -OCH3 is 1. The van der Waals surface area contributed by atoms with E-state index in [4.69, 9.17) is 9.72 Å². The number of alkyl halides is 2. The van der Waals surface area contributed by atoms with Gasteiger partial charge in [-0.2, -0.15) is 5.10 Å². The number of benzene rings is 1. The first-order valence-electron chi connectivity index (χ1n) is 10.9. The molecule has 0 aliphatic carbocycles. The third-order valence-electron chi connectivity index (χ3n) is 6.27. The highest BCUT2D eigenvalue weighted by Crippen LogP contribution is 2.42. The molecule has 1 aliphatic rings. The molecule has 178 valence electrons. The number of ether oxygens (including phenoxy) is 1. The van der Waals surface area contributed by atoms with Crippen molar-refractivity contribution in [3.05, 3.63) is 58.9 Å². The third-order valence-corrected chi connectivity index (χ3v) is 7.45. The molecule has 4 aromatic heterocycles. The number of hydrogen-bond donors (Lipinski definition) is 1. The lowest BCUT2D eigenvalue weighted by molar-refractivity contribution is 0.0605. The maximum atomic E-state index is 14.0. The molecular formula is C23H19F2N7O2S. The Labute approximate surface area is 201 Å². The van der Waals surface area contributed by atoms with Crippen molar-refractivity contribution in [3.8, 4) is 11.4 Å². The van der Waals surface area contributed by atoms with Crippen LogP contribution in [0.1, 0.15) is 39.3 Å². The van der Waals surface area contributed by atoms with E-state index in [9.17, 15) is 13.6 Å². The number of nitrogens with zero attached hydrogens (tertiary/aromatic N) is 6. The maximum Gasteiger partial charge on any atom is 0.348 e. The lowest BCUT2D eigenvalue weighted by atomic mass is 9.97. The van der Waals surface area contributed by atoms with Gasteiger partial charge in [-0.3, -0.25) is 0 Å². The summed E-state index contributed by atoms with van der Waals surface area (Å²) in [4.78, 5) is 22.4. The van der Waals surface area contributed by atoms with Gasteiger partial charge in [0.25, 0.3) is 6.43 Å². The Morgan fingerprint density at radius 2 is 2.09 bits per heavy atom. The number of anilines is 1. The fourth-order valence-electron chi connectivity index (χ4n) is 4.54. The molecule has 35 heavy (non-hydrogen) atoms. The summed E-state index contributed by atoms with van der Waals surface area (Å²) in [5, 5.41) is 12.9. The van der Waals surface area contributed by atoms with Crippen molar-refractivity contribution in [2.75, 3.05) is 12.4 Å². The Morgan fingerprint density at radius 1 is 1.29 bits per heavy atom. The zero-order chi connectivity index (χ0) is 24.3. The van der Waals surface area contributed by atoms with E-state index < -0.39 is 18.4 Å². The van der Waals surface area contributed by atoms with Gasteiger partial charge in [-0.1, -0.05) is 30.3 Å². The van der Waals surface area contributed by atoms with Crippen LogP contribution in [-0.4, -0.2) is 48.9 Å². The van der Waals surface area contributed by atoms with Crippen LogP contribution in [0.25, 0.3) is 27.3 Å². The quantitative estimate of drug-likeness (QED) is 0.362. The number of thiophene rings is 1. The van der Waals surface area contributed by atoms with Crippen LogP contribution in [0.5, 0.6) is 0 Å². The second-order valence-electron chi connectivity index (χ2n) is 8.27. The molecule has 1 N–H and O–H groups in total. The smallest absolute Gasteiger partial charge is 0.348 e. The van der Waals surface area contributed by atoms with E-state index in [1.807, 2.05) is 37.3 Å². The van der Waals surface area contributed by atoms with Gasteiger partial charge in [-0.05, 0) is 24.5 Å². The molecule has 5 aromatic rings. The Hall–Kier alpha value is -3.93. The van der Waals surface area contributed by atoms with Gasteiger partial charge in [-0.15, -0.1) is 16.4 Å². The Kier molecular flexibility index (Phi) is 4.99. The molecule has 9 nitrogen and oxygen atoms in total. The molecule has 0 saturated carbocycles. The summed E-state index contributed by atoms with van der Waals surface area (Å²) in [6, 6.07) is 8.08. The number of carbonyl (C=O) groups excluding carboxylic acids is 1. The number of aromatic nitrogens is 6. The Balaban J connectivity index is 1.48. The highest BCUT2D eigenvalue weighted by atomic mass is 32.1.